The fourth-order valence-corrected chi connectivity index (χ4v) is 3.37. The van der Waals surface area contributed by atoms with E-state index in [0.29, 0.717) is 16.5 Å². The molecule has 1 heterocycles. The van der Waals surface area contributed by atoms with Gasteiger partial charge in [-0.1, -0.05) is 25.1 Å². The number of hydrogen-bond acceptors (Lipinski definition) is 5. The van der Waals surface area contributed by atoms with Gasteiger partial charge in [0.05, 0.1) is 22.2 Å². The molecule has 26 heavy (non-hydrogen) atoms. The van der Waals surface area contributed by atoms with Crippen molar-refractivity contribution in [1.82, 2.24) is 9.78 Å². The molecule has 1 N–H and O–H groups in total. The zero-order valence-corrected chi connectivity index (χ0v) is 14.9. The van der Waals surface area contributed by atoms with Gasteiger partial charge in [-0.25, -0.2) is 13.1 Å². The molecule has 1 amide bonds. The van der Waals surface area contributed by atoms with E-state index in [0.717, 1.165) is 4.68 Å². The van der Waals surface area contributed by atoms with Crippen LogP contribution in [0.4, 0.5) is 5.69 Å². The van der Waals surface area contributed by atoms with E-state index in [2.05, 4.69) is 10.4 Å². The molecule has 0 aliphatic heterocycles. The highest BCUT2D eigenvalue weighted by atomic mass is 32.2. The van der Waals surface area contributed by atoms with Gasteiger partial charge < -0.3 is 5.32 Å². The van der Waals surface area contributed by atoms with E-state index in [9.17, 15) is 18.0 Å². The molecule has 0 unspecified atom stereocenters. The SMILES string of the molecule is CCS(=O)(=O)c1ccc(NC(=O)Cn2ncc3ccccc3c2=O)cc1. The summed E-state index contributed by atoms with van der Waals surface area (Å²) in [5.74, 6) is -0.420. The zero-order valence-electron chi connectivity index (χ0n) is 14.0. The van der Waals surface area contributed by atoms with Crippen LogP contribution in [0, 0.1) is 0 Å². The maximum Gasteiger partial charge on any atom is 0.275 e. The number of sulfone groups is 1. The van der Waals surface area contributed by atoms with Crippen molar-refractivity contribution in [2.24, 2.45) is 0 Å². The first kappa shape index (κ1) is 17.8. The Morgan fingerprint density at radius 1 is 1.12 bits per heavy atom. The van der Waals surface area contributed by atoms with E-state index in [1.165, 1.54) is 30.5 Å². The lowest BCUT2D eigenvalue weighted by molar-refractivity contribution is -0.117. The number of hydrogen-bond donors (Lipinski definition) is 1. The molecule has 1 aromatic heterocycles. The van der Waals surface area contributed by atoms with Crippen LogP contribution in [0.3, 0.4) is 0 Å². The first-order valence-electron chi connectivity index (χ1n) is 7.98. The van der Waals surface area contributed by atoms with Gasteiger partial charge in [0, 0.05) is 11.1 Å². The van der Waals surface area contributed by atoms with Crippen LogP contribution in [-0.4, -0.2) is 29.9 Å². The van der Waals surface area contributed by atoms with Crippen molar-refractivity contribution in [2.45, 2.75) is 18.4 Å². The van der Waals surface area contributed by atoms with Gasteiger partial charge in [-0.05, 0) is 30.3 Å². The van der Waals surface area contributed by atoms with Crippen molar-refractivity contribution in [1.29, 1.82) is 0 Å². The van der Waals surface area contributed by atoms with Crippen LogP contribution in [0.1, 0.15) is 6.92 Å². The second-order valence-corrected chi connectivity index (χ2v) is 7.95. The lowest BCUT2D eigenvalue weighted by Gasteiger charge is -2.08. The molecule has 0 radical (unpaired) electrons. The third kappa shape index (κ3) is 3.65. The van der Waals surface area contributed by atoms with Gasteiger partial charge in [-0.15, -0.1) is 0 Å². The number of benzene rings is 2. The summed E-state index contributed by atoms with van der Waals surface area (Å²) >= 11 is 0. The van der Waals surface area contributed by atoms with Crippen molar-refractivity contribution in [2.75, 3.05) is 11.1 Å². The summed E-state index contributed by atoms with van der Waals surface area (Å²) in [6, 6.07) is 12.9. The average molecular weight is 371 g/mol. The fraction of sp³-hybridized carbons (Fsp3) is 0.167. The van der Waals surface area contributed by atoms with Crippen LogP contribution in [0.15, 0.2) is 64.4 Å². The van der Waals surface area contributed by atoms with E-state index in [1.54, 1.807) is 25.1 Å². The predicted molar refractivity (Wildman–Crippen MR) is 98.8 cm³/mol. The summed E-state index contributed by atoms with van der Waals surface area (Å²) in [5.41, 5.74) is 0.0986. The number of aromatic nitrogens is 2. The van der Waals surface area contributed by atoms with Crippen molar-refractivity contribution in [3.8, 4) is 0 Å². The van der Waals surface area contributed by atoms with E-state index in [1.807, 2.05) is 6.07 Å². The first-order valence-corrected chi connectivity index (χ1v) is 9.63. The topological polar surface area (TPSA) is 98.1 Å². The summed E-state index contributed by atoms with van der Waals surface area (Å²) in [7, 11) is -3.29. The molecular weight excluding hydrogens is 354 g/mol. The highest BCUT2D eigenvalue weighted by molar-refractivity contribution is 7.91. The maximum absolute atomic E-state index is 12.4. The molecule has 0 fully saturated rings. The van der Waals surface area contributed by atoms with Crippen molar-refractivity contribution in [3.05, 3.63) is 65.1 Å². The third-order valence-corrected chi connectivity index (χ3v) is 5.68. The van der Waals surface area contributed by atoms with Gasteiger partial charge in [0.2, 0.25) is 5.91 Å². The van der Waals surface area contributed by atoms with E-state index in [-0.39, 0.29) is 22.8 Å². The minimum absolute atomic E-state index is 0.00918. The van der Waals surface area contributed by atoms with Gasteiger partial charge >= 0.3 is 0 Å². The first-order chi connectivity index (χ1) is 12.4. The molecule has 3 rings (SSSR count). The number of carbonyl (C=O) groups is 1. The summed E-state index contributed by atoms with van der Waals surface area (Å²) in [5, 5.41) is 7.84. The second kappa shape index (κ2) is 7.09. The van der Waals surface area contributed by atoms with Crippen LogP contribution < -0.4 is 10.9 Å². The van der Waals surface area contributed by atoms with Gasteiger partial charge in [0.1, 0.15) is 6.54 Å². The molecule has 0 bridgehead atoms. The van der Waals surface area contributed by atoms with Crippen molar-refractivity contribution < 1.29 is 13.2 Å². The van der Waals surface area contributed by atoms with Crippen molar-refractivity contribution in [3.63, 3.8) is 0 Å². The predicted octanol–water partition coefficient (Wildman–Crippen LogP) is 1.83. The lowest BCUT2D eigenvalue weighted by atomic mass is 10.2. The van der Waals surface area contributed by atoms with E-state index in [4.69, 9.17) is 0 Å². The highest BCUT2D eigenvalue weighted by Gasteiger charge is 2.12. The molecule has 0 spiro atoms. The summed E-state index contributed by atoms with van der Waals surface area (Å²) in [6.45, 7) is 1.33. The number of anilines is 1. The smallest absolute Gasteiger partial charge is 0.275 e. The van der Waals surface area contributed by atoms with Crippen LogP contribution in [0.25, 0.3) is 10.8 Å². The molecule has 0 aliphatic rings. The molecule has 0 saturated heterocycles. The Morgan fingerprint density at radius 2 is 1.81 bits per heavy atom. The average Bonchev–Trinajstić information content (AvgIpc) is 2.65. The zero-order chi connectivity index (χ0) is 18.7. The molecule has 134 valence electrons. The maximum atomic E-state index is 12.4. The Kier molecular flexibility index (Phi) is 4.85. The summed E-state index contributed by atoms with van der Waals surface area (Å²) < 4.78 is 24.7. The summed E-state index contributed by atoms with van der Waals surface area (Å²) in [6.07, 6.45) is 1.54. The number of nitrogens with zero attached hydrogens (tertiary/aromatic N) is 2. The van der Waals surface area contributed by atoms with Gasteiger partial charge in [0.15, 0.2) is 9.84 Å². The minimum atomic E-state index is -3.29. The number of rotatable bonds is 5. The van der Waals surface area contributed by atoms with E-state index < -0.39 is 15.7 Å². The lowest BCUT2D eigenvalue weighted by Crippen LogP contribution is -2.29. The highest BCUT2D eigenvalue weighted by Crippen LogP contribution is 2.15. The second-order valence-electron chi connectivity index (χ2n) is 5.67. The Labute approximate surface area is 150 Å². The molecule has 0 saturated carbocycles. The Balaban J connectivity index is 1.75. The standard InChI is InChI=1S/C18H17N3O4S/c1-2-26(24,25)15-9-7-14(8-10-15)20-17(22)12-21-18(23)16-6-4-3-5-13(16)11-19-21/h3-11H,2,12H2,1H3,(H,20,22). The number of nitrogens with one attached hydrogen (secondary N) is 1. The third-order valence-electron chi connectivity index (χ3n) is 3.93. The van der Waals surface area contributed by atoms with Gasteiger partial charge in [-0.2, -0.15) is 5.10 Å². The molecule has 7 nitrogen and oxygen atoms in total. The quantitative estimate of drug-likeness (QED) is 0.738. The molecule has 3 aromatic rings. The molecule has 8 heteroatoms. The van der Waals surface area contributed by atoms with Crippen LogP contribution in [-0.2, 0) is 21.2 Å². The molecule has 0 aliphatic carbocycles. The molecular formula is C18H17N3O4S. The van der Waals surface area contributed by atoms with Gasteiger partial charge in [-0.3, -0.25) is 9.59 Å². The minimum Gasteiger partial charge on any atom is -0.324 e. The monoisotopic (exact) mass is 371 g/mol. The largest absolute Gasteiger partial charge is 0.324 e. The van der Waals surface area contributed by atoms with Gasteiger partial charge in [0.25, 0.3) is 5.56 Å². The number of amides is 1. The number of fused-ring (bicyclic) bond motifs is 1. The van der Waals surface area contributed by atoms with Crippen LogP contribution >= 0.6 is 0 Å². The Hall–Kier alpha value is -3.00. The van der Waals surface area contributed by atoms with Crippen LogP contribution in [0.5, 0.6) is 0 Å². The van der Waals surface area contributed by atoms with Crippen molar-refractivity contribution >= 4 is 32.2 Å². The Morgan fingerprint density at radius 3 is 2.50 bits per heavy atom. The summed E-state index contributed by atoms with van der Waals surface area (Å²) in [4.78, 5) is 24.7. The Bertz CT molecular complexity index is 1120. The van der Waals surface area contributed by atoms with E-state index >= 15 is 0 Å². The number of carbonyl (C=O) groups excluding carboxylic acids is 1. The fourth-order valence-electron chi connectivity index (χ4n) is 2.49. The molecule has 2 aromatic carbocycles. The van der Waals surface area contributed by atoms with Crippen LogP contribution in [0.2, 0.25) is 0 Å². The normalized spacial score (nSPS) is 11.4. The molecule has 0 atom stereocenters.